The molecule has 1 N–H and O–H groups in total. The first-order valence-corrected chi connectivity index (χ1v) is 13.3. The van der Waals surface area contributed by atoms with Crippen molar-refractivity contribution in [2.45, 2.75) is 45.7 Å². The molecular weight excluding hydrogens is 486 g/mol. The lowest BCUT2D eigenvalue weighted by molar-refractivity contribution is 0.249. The van der Waals surface area contributed by atoms with Crippen LogP contribution in [0, 0.1) is 18.6 Å². The van der Waals surface area contributed by atoms with E-state index in [1.165, 1.54) is 11.8 Å². The molecule has 38 heavy (non-hydrogen) atoms. The zero-order valence-corrected chi connectivity index (χ0v) is 22.8. The minimum atomic E-state index is -0.615. The van der Waals surface area contributed by atoms with Crippen molar-refractivity contribution < 1.29 is 13.5 Å². The highest BCUT2D eigenvalue weighted by Crippen LogP contribution is 2.39. The van der Waals surface area contributed by atoms with E-state index in [-0.39, 0.29) is 23.4 Å². The lowest BCUT2D eigenvalue weighted by atomic mass is 10.0. The molecule has 0 amide bonds. The molecule has 1 aromatic heterocycles. The molecule has 0 unspecified atom stereocenters. The zero-order chi connectivity index (χ0) is 27.0. The Hall–Kier alpha value is -3.46. The van der Waals surface area contributed by atoms with E-state index in [2.05, 4.69) is 63.1 Å². The SMILES string of the molecule is Cc1cc(Nc2ncc(F)c(-c3cc(F)c4c(c3)N(C(C)C)CCO4)n2)ccc1N1CCC(N(C)C)CC1. The number of piperidine rings is 1. The molecule has 7 nitrogen and oxygen atoms in total. The second kappa shape index (κ2) is 10.7. The number of aryl methyl sites for hydroxylation is 1. The molecule has 0 saturated carbocycles. The standard InChI is InChI=1S/C29H36F2N6O/c1-18(2)37-12-13-38-28-23(30)15-20(16-26(28)37)27-24(31)17-32-29(34-27)33-21-6-7-25(19(3)14-21)36-10-8-22(9-11-36)35(4)5/h6-7,14-18,22H,8-13H2,1-5H3,(H,32,33,34). The summed E-state index contributed by atoms with van der Waals surface area (Å²) in [4.78, 5) is 15.4. The largest absolute Gasteiger partial charge is 0.486 e. The Morgan fingerprint density at radius 2 is 1.79 bits per heavy atom. The van der Waals surface area contributed by atoms with Crippen molar-refractivity contribution in [3.8, 4) is 17.0 Å². The van der Waals surface area contributed by atoms with Crippen molar-refractivity contribution in [2.75, 3.05) is 55.5 Å². The predicted octanol–water partition coefficient (Wildman–Crippen LogP) is 5.61. The van der Waals surface area contributed by atoms with Crippen LogP contribution in [0.15, 0.2) is 36.5 Å². The first-order chi connectivity index (χ1) is 18.2. The van der Waals surface area contributed by atoms with Gasteiger partial charge < -0.3 is 24.8 Å². The molecule has 3 aromatic rings. The molecular formula is C29H36F2N6O. The van der Waals surface area contributed by atoms with Gasteiger partial charge >= 0.3 is 0 Å². The Balaban J connectivity index is 1.38. The molecule has 1 fully saturated rings. The summed E-state index contributed by atoms with van der Waals surface area (Å²) in [5.74, 6) is -0.704. The summed E-state index contributed by atoms with van der Waals surface area (Å²) >= 11 is 0. The second-order valence-electron chi connectivity index (χ2n) is 10.6. The van der Waals surface area contributed by atoms with Gasteiger partial charge in [0.15, 0.2) is 17.4 Å². The van der Waals surface area contributed by atoms with Crippen molar-refractivity contribution in [2.24, 2.45) is 0 Å². The lowest BCUT2D eigenvalue weighted by Gasteiger charge is -2.37. The number of benzene rings is 2. The number of fused-ring (bicyclic) bond motifs is 1. The molecule has 1 saturated heterocycles. The minimum Gasteiger partial charge on any atom is -0.486 e. The van der Waals surface area contributed by atoms with Crippen molar-refractivity contribution in [1.82, 2.24) is 14.9 Å². The lowest BCUT2D eigenvalue weighted by Crippen LogP contribution is -2.42. The summed E-state index contributed by atoms with van der Waals surface area (Å²) < 4.78 is 35.5. The maximum Gasteiger partial charge on any atom is 0.227 e. The van der Waals surface area contributed by atoms with E-state index in [1.807, 2.05) is 19.9 Å². The van der Waals surface area contributed by atoms with Gasteiger partial charge in [-0.05, 0) is 83.6 Å². The smallest absolute Gasteiger partial charge is 0.227 e. The predicted molar refractivity (Wildman–Crippen MR) is 149 cm³/mol. The van der Waals surface area contributed by atoms with Crippen LogP contribution in [0.4, 0.5) is 31.8 Å². The number of nitrogens with zero attached hydrogens (tertiary/aromatic N) is 5. The molecule has 2 aliphatic heterocycles. The number of halogens is 2. The third-order valence-electron chi connectivity index (χ3n) is 7.54. The van der Waals surface area contributed by atoms with Gasteiger partial charge in [0.2, 0.25) is 5.95 Å². The highest BCUT2D eigenvalue weighted by atomic mass is 19.1. The summed E-state index contributed by atoms with van der Waals surface area (Å²) in [6, 6.07) is 9.94. The fraction of sp³-hybridized carbons (Fsp3) is 0.448. The molecule has 2 aromatic carbocycles. The highest BCUT2D eigenvalue weighted by Gasteiger charge is 2.26. The van der Waals surface area contributed by atoms with E-state index in [9.17, 15) is 8.78 Å². The molecule has 2 aliphatic rings. The number of nitrogens with one attached hydrogen (secondary N) is 1. The van der Waals surface area contributed by atoms with E-state index >= 15 is 0 Å². The van der Waals surface area contributed by atoms with Crippen LogP contribution in [-0.2, 0) is 0 Å². The van der Waals surface area contributed by atoms with Gasteiger partial charge in [0.1, 0.15) is 12.3 Å². The molecule has 3 heterocycles. The Labute approximate surface area is 223 Å². The Kier molecular flexibility index (Phi) is 7.38. The van der Waals surface area contributed by atoms with Gasteiger partial charge in [-0.15, -0.1) is 0 Å². The molecule has 0 atom stereocenters. The summed E-state index contributed by atoms with van der Waals surface area (Å²) in [6.45, 7) is 9.25. The van der Waals surface area contributed by atoms with Crippen molar-refractivity contribution in [3.63, 3.8) is 0 Å². The van der Waals surface area contributed by atoms with Crippen LogP contribution in [0.25, 0.3) is 11.3 Å². The Morgan fingerprint density at radius 3 is 2.47 bits per heavy atom. The molecule has 0 radical (unpaired) electrons. The van der Waals surface area contributed by atoms with Crippen molar-refractivity contribution in [3.05, 3.63) is 53.7 Å². The number of aromatic nitrogens is 2. The monoisotopic (exact) mass is 522 g/mol. The quantitative estimate of drug-likeness (QED) is 0.452. The van der Waals surface area contributed by atoms with Crippen LogP contribution in [0.1, 0.15) is 32.3 Å². The van der Waals surface area contributed by atoms with Gasteiger partial charge in [-0.25, -0.2) is 18.7 Å². The Bertz CT molecular complexity index is 1310. The van der Waals surface area contributed by atoms with Gasteiger partial charge in [-0.2, -0.15) is 0 Å². The summed E-state index contributed by atoms with van der Waals surface area (Å²) in [6.07, 6.45) is 3.40. The molecule has 0 aliphatic carbocycles. The summed E-state index contributed by atoms with van der Waals surface area (Å²) in [5, 5.41) is 3.20. The molecule has 9 heteroatoms. The second-order valence-corrected chi connectivity index (χ2v) is 10.6. The van der Waals surface area contributed by atoms with Crippen molar-refractivity contribution in [1.29, 1.82) is 0 Å². The van der Waals surface area contributed by atoms with Gasteiger partial charge in [-0.1, -0.05) is 0 Å². The molecule has 202 valence electrons. The van der Waals surface area contributed by atoms with Gasteiger partial charge in [0, 0.05) is 42.1 Å². The van der Waals surface area contributed by atoms with Gasteiger partial charge in [-0.3, -0.25) is 0 Å². The Morgan fingerprint density at radius 1 is 1.03 bits per heavy atom. The topological polar surface area (TPSA) is 56.8 Å². The third kappa shape index (κ3) is 5.25. The van der Waals surface area contributed by atoms with Crippen molar-refractivity contribution >= 4 is 23.0 Å². The van der Waals surface area contributed by atoms with E-state index in [0.29, 0.717) is 30.4 Å². The first kappa shape index (κ1) is 26.2. The van der Waals surface area contributed by atoms with E-state index in [4.69, 9.17) is 4.74 Å². The minimum absolute atomic E-state index is 0.0376. The first-order valence-electron chi connectivity index (χ1n) is 13.3. The molecule has 5 rings (SSSR count). The van der Waals surface area contributed by atoms with Crippen LogP contribution in [0.3, 0.4) is 0 Å². The van der Waals surface area contributed by atoms with E-state index in [0.717, 1.165) is 43.4 Å². The number of anilines is 4. The zero-order valence-electron chi connectivity index (χ0n) is 22.8. The van der Waals surface area contributed by atoms with Crippen LogP contribution >= 0.6 is 0 Å². The number of ether oxygens (including phenoxy) is 1. The molecule has 0 spiro atoms. The van der Waals surface area contributed by atoms with Gasteiger partial charge in [0.05, 0.1) is 18.4 Å². The van der Waals surface area contributed by atoms with Crippen LogP contribution in [0.2, 0.25) is 0 Å². The van der Waals surface area contributed by atoms with Crippen LogP contribution < -0.4 is 19.9 Å². The number of hydrogen-bond acceptors (Lipinski definition) is 7. The average molecular weight is 523 g/mol. The fourth-order valence-electron chi connectivity index (χ4n) is 5.44. The number of hydrogen-bond donors (Lipinski definition) is 1. The summed E-state index contributed by atoms with van der Waals surface area (Å²) in [5.41, 5.74) is 4.15. The summed E-state index contributed by atoms with van der Waals surface area (Å²) in [7, 11) is 4.29. The maximum atomic E-state index is 15.0. The molecule has 0 bridgehead atoms. The van der Waals surface area contributed by atoms with Gasteiger partial charge in [0.25, 0.3) is 0 Å². The van der Waals surface area contributed by atoms with Crippen LogP contribution in [-0.4, -0.2) is 67.3 Å². The maximum absolute atomic E-state index is 15.0. The van der Waals surface area contributed by atoms with E-state index in [1.54, 1.807) is 6.07 Å². The normalized spacial score (nSPS) is 16.1. The fourth-order valence-corrected chi connectivity index (χ4v) is 5.44. The van der Waals surface area contributed by atoms with Crippen LogP contribution in [0.5, 0.6) is 5.75 Å². The average Bonchev–Trinajstić information content (AvgIpc) is 2.89. The highest BCUT2D eigenvalue weighted by molar-refractivity contribution is 5.73. The third-order valence-corrected chi connectivity index (χ3v) is 7.54. The number of rotatable bonds is 6. The van der Waals surface area contributed by atoms with E-state index < -0.39 is 11.6 Å².